The standard InChI is InChI=1S/C23H18N2O4/c26-22(13-10-16-6-2-1-3-7-16)25-19-9-5-4-8-18(19)23(27)24-17-11-12-20-21(14-17)29-15-28-20/h1-14H,15H2,(H,24,27)(H,25,26)/b13-10+. The van der Waals surface area contributed by atoms with Gasteiger partial charge in [-0.1, -0.05) is 42.5 Å². The van der Waals surface area contributed by atoms with Crippen molar-refractivity contribution in [3.05, 3.63) is 90.0 Å². The molecule has 0 atom stereocenters. The molecule has 0 fully saturated rings. The van der Waals surface area contributed by atoms with Crippen LogP contribution in [0, 0.1) is 0 Å². The molecule has 0 bridgehead atoms. The average molecular weight is 386 g/mol. The van der Waals surface area contributed by atoms with Crippen molar-refractivity contribution in [1.29, 1.82) is 0 Å². The van der Waals surface area contributed by atoms with Crippen molar-refractivity contribution in [2.24, 2.45) is 0 Å². The molecular weight excluding hydrogens is 368 g/mol. The predicted molar refractivity (Wildman–Crippen MR) is 111 cm³/mol. The van der Waals surface area contributed by atoms with Crippen LogP contribution in [0.25, 0.3) is 6.08 Å². The molecule has 0 aromatic heterocycles. The van der Waals surface area contributed by atoms with Crippen molar-refractivity contribution in [1.82, 2.24) is 0 Å². The lowest BCUT2D eigenvalue weighted by Crippen LogP contribution is -2.17. The summed E-state index contributed by atoms with van der Waals surface area (Å²) in [6.45, 7) is 0.165. The van der Waals surface area contributed by atoms with Gasteiger partial charge in [0.25, 0.3) is 5.91 Å². The van der Waals surface area contributed by atoms with E-state index in [1.807, 2.05) is 30.3 Å². The van der Waals surface area contributed by atoms with Crippen LogP contribution in [0.2, 0.25) is 0 Å². The normalized spacial score (nSPS) is 12.0. The molecular formula is C23H18N2O4. The van der Waals surface area contributed by atoms with Crippen molar-refractivity contribution in [2.75, 3.05) is 17.4 Å². The highest BCUT2D eigenvalue weighted by Crippen LogP contribution is 2.34. The number of benzene rings is 3. The third-order valence-electron chi connectivity index (χ3n) is 4.29. The van der Waals surface area contributed by atoms with E-state index in [0.29, 0.717) is 28.4 Å². The van der Waals surface area contributed by atoms with Gasteiger partial charge in [0.05, 0.1) is 11.3 Å². The lowest BCUT2D eigenvalue weighted by atomic mass is 10.1. The van der Waals surface area contributed by atoms with Crippen LogP contribution >= 0.6 is 0 Å². The zero-order valence-corrected chi connectivity index (χ0v) is 15.4. The fourth-order valence-corrected chi connectivity index (χ4v) is 2.87. The number of fused-ring (bicyclic) bond motifs is 1. The first kappa shape index (κ1) is 18.3. The van der Waals surface area contributed by atoms with Gasteiger partial charge in [-0.25, -0.2) is 0 Å². The number of carbonyl (C=O) groups excluding carboxylic acids is 2. The quantitative estimate of drug-likeness (QED) is 0.641. The van der Waals surface area contributed by atoms with Gasteiger partial charge in [-0.15, -0.1) is 0 Å². The van der Waals surface area contributed by atoms with E-state index in [1.54, 1.807) is 48.5 Å². The summed E-state index contributed by atoms with van der Waals surface area (Å²) in [7, 11) is 0. The van der Waals surface area contributed by atoms with Gasteiger partial charge in [-0.05, 0) is 35.9 Å². The van der Waals surface area contributed by atoms with E-state index < -0.39 is 0 Å². The Morgan fingerprint density at radius 1 is 0.828 bits per heavy atom. The highest BCUT2D eigenvalue weighted by molar-refractivity contribution is 6.11. The van der Waals surface area contributed by atoms with Gasteiger partial charge in [0, 0.05) is 17.8 Å². The first-order valence-corrected chi connectivity index (χ1v) is 9.03. The summed E-state index contributed by atoms with van der Waals surface area (Å²) >= 11 is 0. The second-order valence-corrected chi connectivity index (χ2v) is 6.30. The van der Waals surface area contributed by atoms with Gasteiger partial charge in [-0.2, -0.15) is 0 Å². The van der Waals surface area contributed by atoms with E-state index >= 15 is 0 Å². The average Bonchev–Trinajstić information content (AvgIpc) is 3.21. The van der Waals surface area contributed by atoms with Crippen LogP contribution in [0.1, 0.15) is 15.9 Å². The maximum Gasteiger partial charge on any atom is 0.257 e. The molecule has 6 heteroatoms. The van der Waals surface area contributed by atoms with Crippen LogP contribution in [-0.4, -0.2) is 18.6 Å². The topological polar surface area (TPSA) is 76.7 Å². The third kappa shape index (κ3) is 4.44. The van der Waals surface area contributed by atoms with Gasteiger partial charge in [0.2, 0.25) is 12.7 Å². The van der Waals surface area contributed by atoms with Crippen LogP contribution in [0.15, 0.2) is 78.9 Å². The van der Waals surface area contributed by atoms with Crippen molar-refractivity contribution in [3.8, 4) is 11.5 Å². The summed E-state index contributed by atoms with van der Waals surface area (Å²) < 4.78 is 10.6. The molecule has 2 amide bonds. The fraction of sp³-hybridized carbons (Fsp3) is 0.0435. The van der Waals surface area contributed by atoms with Crippen LogP contribution in [0.5, 0.6) is 11.5 Å². The lowest BCUT2D eigenvalue weighted by Gasteiger charge is -2.11. The van der Waals surface area contributed by atoms with E-state index in [-0.39, 0.29) is 18.6 Å². The fourth-order valence-electron chi connectivity index (χ4n) is 2.87. The molecule has 0 radical (unpaired) electrons. The van der Waals surface area contributed by atoms with E-state index in [9.17, 15) is 9.59 Å². The Morgan fingerprint density at radius 3 is 2.45 bits per heavy atom. The van der Waals surface area contributed by atoms with Crippen molar-refractivity contribution < 1.29 is 19.1 Å². The molecule has 144 valence electrons. The smallest absolute Gasteiger partial charge is 0.257 e. The Balaban J connectivity index is 1.47. The SMILES string of the molecule is O=C(/C=C/c1ccccc1)Nc1ccccc1C(=O)Nc1ccc2c(c1)OCO2. The molecule has 3 aromatic carbocycles. The molecule has 3 aromatic rings. The molecule has 4 rings (SSSR count). The number of carbonyl (C=O) groups is 2. The Morgan fingerprint density at radius 2 is 1.59 bits per heavy atom. The van der Waals surface area contributed by atoms with Gasteiger partial charge < -0.3 is 20.1 Å². The Kier molecular flexibility index (Phi) is 5.25. The third-order valence-corrected chi connectivity index (χ3v) is 4.29. The largest absolute Gasteiger partial charge is 0.454 e. The van der Waals surface area contributed by atoms with Gasteiger partial charge in [-0.3, -0.25) is 9.59 Å². The number of hydrogen-bond acceptors (Lipinski definition) is 4. The number of anilines is 2. The van der Waals surface area contributed by atoms with Crippen molar-refractivity contribution in [2.45, 2.75) is 0 Å². The Labute approximate surface area is 167 Å². The van der Waals surface area contributed by atoms with Crippen LogP contribution in [-0.2, 0) is 4.79 Å². The molecule has 2 N–H and O–H groups in total. The first-order chi connectivity index (χ1) is 14.2. The zero-order chi connectivity index (χ0) is 20.1. The molecule has 0 aliphatic carbocycles. The zero-order valence-electron chi connectivity index (χ0n) is 15.4. The summed E-state index contributed by atoms with van der Waals surface area (Å²) in [4.78, 5) is 25.0. The number of para-hydroxylation sites is 1. The van der Waals surface area contributed by atoms with Crippen LogP contribution in [0.4, 0.5) is 11.4 Å². The Hall–Kier alpha value is -4.06. The van der Waals surface area contributed by atoms with E-state index in [4.69, 9.17) is 9.47 Å². The molecule has 1 aliphatic heterocycles. The van der Waals surface area contributed by atoms with E-state index in [1.165, 1.54) is 6.08 Å². The van der Waals surface area contributed by atoms with Gasteiger partial charge >= 0.3 is 0 Å². The van der Waals surface area contributed by atoms with E-state index in [0.717, 1.165) is 5.56 Å². The molecule has 0 saturated carbocycles. The summed E-state index contributed by atoms with van der Waals surface area (Å²) in [6.07, 6.45) is 3.15. The second kappa shape index (κ2) is 8.31. The van der Waals surface area contributed by atoms with Crippen molar-refractivity contribution >= 4 is 29.3 Å². The van der Waals surface area contributed by atoms with Crippen LogP contribution in [0.3, 0.4) is 0 Å². The summed E-state index contributed by atoms with van der Waals surface area (Å²) in [5.41, 5.74) is 2.26. The Bertz CT molecular complexity index is 1080. The number of ether oxygens (including phenoxy) is 2. The minimum atomic E-state index is -0.341. The predicted octanol–water partition coefficient (Wildman–Crippen LogP) is 4.32. The summed E-state index contributed by atoms with van der Waals surface area (Å²) in [5, 5.41) is 5.57. The molecule has 1 heterocycles. The molecule has 29 heavy (non-hydrogen) atoms. The highest BCUT2D eigenvalue weighted by atomic mass is 16.7. The second-order valence-electron chi connectivity index (χ2n) is 6.30. The molecule has 1 aliphatic rings. The summed E-state index contributed by atoms with van der Waals surface area (Å²) in [6, 6.07) is 21.5. The monoisotopic (exact) mass is 386 g/mol. The highest BCUT2D eigenvalue weighted by Gasteiger charge is 2.16. The maximum atomic E-state index is 12.7. The minimum absolute atomic E-state index is 0.165. The number of nitrogens with one attached hydrogen (secondary N) is 2. The minimum Gasteiger partial charge on any atom is -0.454 e. The van der Waals surface area contributed by atoms with Crippen LogP contribution < -0.4 is 20.1 Å². The number of amides is 2. The molecule has 0 spiro atoms. The van der Waals surface area contributed by atoms with Gasteiger partial charge in [0.15, 0.2) is 11.5 Å². The van der Waals surface area contributed by atoms with E-state index in [2.05, 4.69) is 10.6 Å². The molecule has 0 saturated heterocycles. The first-order valence-electron chi connectivity index (χ1n) is 9.03. The lowest BCUT2D eigenvalue weighted by molar-refractivity contribution is -0.111. The number of rotatable bonds is 5. The van der Waals surface area contributed by atoms with Crippen molar-refractivity contribution in [3.63, 3.8) is 0 Å². The summed E-state index contributed by atoms with van der Waals surface area (Å²) in [5.74, 6) is 0.556. The number of hydrogen-bond donors (Lipinski definition) is 2. The van der Waals surface area contributed by atoms with Gasteiger partial charge in [0.1, 0.15) is 0 Å². The molecule has 6 nitrogen and oxygen atoms in total. The molecule has 0 unspecified atom stereocenters. The maximum absolute atomic E-state index is 12.7.